The first-order valence-electron chi connectivity index (χ1n) is 8.30. The Labute approximate surface area is 145 Å². The summed E-state index contributed by atoms with van der Waals surface area (Å²) in [5, 5.41) is 4.12. The normalized spacial score (nSPS) is 17.7. The summed E-state index contributed by atoms with van der Waals surface area (Å²) in [6.07, 6.45) is 7.48. The van der Waals surface area contributed by atoms with Crippen LogP contribution in [0.3, 0.4) is 0 Å². The van der Waals surface area contributed by atoms with Gasteiger partial charge in [0.2, 0.25) is 17.6 Å². The maximum Gasteiger partial charge on any atom is 0.244 e. The first-order valence-corrected chi connectivity index (χ1v) is 8.30. The second-order valence-corrected chi connectivity index (χ2v) is 6.03. The van der Waals surface area contributed by atoms with Crippen molar-refractivity contribution < 1.29 is 9.26 Å². The van der Waals surface area contributed by atoms with E-state index in [1.54, 1.807) is 19.4 Å². The van der Waals surface area contributed by atoms with Gasteiger partial charge in [0, 0.05) is 36.8 Å². The quantitative estimate of drug-likeness (QED) is 0.708. The van der Waals surface area contributed by atoms with E-state index in [1.165, 1.54) is 5.56 Å². The highest BCUT2D eigenvalue weighted by Crippen LogP contribution is 2.33. The van der Waals surface area contributed by atoms with Crippen LogP contribution in [0.2, 0.25) is 0 Å². The molecule has 4 heterocycles. The van der Waals surface area contributed by atoms with Crippen LogP contribution in [0, 0.1) is 0 Å². The summed E-state index contributed by atoms with van der Waals surface area (Å²) >= 11 is 0. The molecule has 4 rings (SSSR count). The summed E-state index contributed by atoms with van der Waals surface area (Å²) in [5.41, 5.74) is 2.05. The van der Waals surface area contributed by atoms with E-state index in [0.717, 1.165) is 31.5 Å². The Balaban J connectivity index is 1.52. The van der Waals surface area contributed by atoms with Gasteiger partial charge in [-0.05, 0) is 43.1 Å². The summed E-state index contributed by atoms with van der Waals surface area (Å²) in [6, 6.07) is 7.90. The number of methoxy groups -OCH3 is 1. The molecule has 0 radical (unpaired) electrons. The van der Waals surface area contributed by atoms with Gasteiger partial charge in [0.05, 0.1) is 13.2 Å². The lowest BCUT2D eigenvalue weighted by Crippen LogP contribution is -2.23. The standard InChI is InChI=1S/C18H19N5O2/c1-24-16-5-4-14(11-20-16)17-21-18(25-22-17)15-3-2-10-23(15)12-13-6-8-19-9-7-13/h4-9,11,15H,2-3,10,12H2,1H3/t15-/m1/s1. The van der Waals surface area contributed by atoms with Crippen LogP contribution in [0.25, 0.3) is 11.4 Å². The van der Waals surface area contributed by atoms with E-state index >= 15 is 0 Å². The van der Waals surface area contributed by atoms with Crippen LogP contribution in [0.5, 0.6) is 5.88 Å². The largest absolute Gasteiger partial charge is 0.481 e. The number of aromatic nitrogens is 4. The van der Waals surface area contributed by atoms with Gasteiger partial charge in [-0.1, -0.05) is 5.16 Å². The SMILES string of the molecule is COc1ccc(-c2noc([C@H]3CCCN3Cc3ccncc3)n2)cn1. The molecule has 1 fully saturated rings. The van der Waals surface area contributed by atoms with Gasteiger partial charge < -0.3 is 9.26 Å². The summed E-state index contributed by atoms with van der Waals surface area (Å²) in [5.74, 6) is 1.78. The van der Waals surface area contributed by atoms with Gasteiger partial charge in [0.25, 0.3) is 0 Å². The summed E-state index contributed by atoms with van der Waals surface area (Å²) in [6.45, 7) is 1.88. The van der Waals surface area contributed by atoms with Crippen molar-refractivity contribution in [1.82, 2.24) is 25.0 Å². The monoisotopic (exact) mass is 337 g/mol. The smallest absolute Gasteiger partial charge is 0.244 e. The predicted octanol–water partition coefficient (Wildman–Crippen LogP) is 2.87. The lowest BCUT2D eigenvalue weighted by molar-refractivity contribution is 0.201. The lowest BCUT2D eigenvalue weighted by atomic mass is 10.2. The van der Waals surface area contributed by atoms with Crippen molar-refractivity contribution in [2.24, 2.45) is 0 Å². The van der Waals surface area contributed by atoms with Crippen molar-refractivity contribution in [3.8, 4) is 17.3 Å². The molecular formula is C18H19N5O2. The zero-order chi connectivity index (χ0) is 17.1. The van der Waals surface area contributed by atoms with Crippen LogP contribution in [0.4, 0.5) is 0 Å². The molecule has 25 heavy (non-hydrogen) atoms. The summed E-state index contributed by atoms with van der Waals surface area (Å²) in [4.78, 5) is 15.2. The van der Waals surface area contributed by atoms with E-state index in [-0.39, 0.29) is 6.04 Å². The summed E-state index contributed by atoms with van der Waals surface area (Å²) < 4.78 is 10.6. The van der Waals surface area contributed by atoms with Gasteiger partial charge in [0.15, 0.2) is 0 Å². The number of likely N-dealkylation sites (tertiary alicyclic amines) is 1. The fourth-order valence-electron chi connectivity index (χ4n) is 3.14. The second-order valence-electron chi connectivity index (χ2n) is 6.03. The number of hydrogen-bond acceptors (Lipinski definition) is 7. The van der Waals surface area contributed by atoms with Crippen molar-refractivity contribution in [3.63, 3.8) is 0 Å². The van der Waals surface area contributed by atoms with E-state index in [9.17, 15) is 0 Å². The minimum Gasteiger partial charge on any atom is -0.481 e. The van der Waals surface area contributed by atoms with Crippen LogP contribution >= 0.6 is 0 Å². The topological polar surface area (TPSA) is 77.2 Å². The number of rotatable bonds is 5. The van der Waals surface area contributed by atoms with Crippen molar-refractivity contribution >= 4 is 0 Å². The minimum atomic E-state index is 0.153. The summed E-state index contributed by atoms with van der Waals surface area (Å²) in [7, 11) is 1.59. The van der Waals surface area contributed by atoms with Gasteiger partial charge in [-0.25, -0.2) is 4.98 Å². The van der Waals surface area contributed by atoms with E-state index in [0.29, 0.717) is 17.6 Å². The third-order valence-electron chi connectivity index (χ3n) is 4.43. The molecular weight excluding hydrogens is 318 g/mol. The fraction of sp³-hybridized carbons (Fsp3) is 0.333. The van der Waals surface area contributed by atoms with Crippen molar-refractivity contribution in [2.75, 3.05) is 13.7 Å². The Morgan fingerprint density at radius 2 is 2.12 bits per heavy atom. The van der Waals surface area contributed by atoms with Gasteiger partial charge in [-0.15, -0.1) is 0 Å². The first-order chi connectivity index (χ1) is 12.3. The highest BCUT2D eigenvalue weighted by atomic mass is 16.5. The molecule has 0 saturated carbocycles. The molecule has 0 aromatic carbocycles. The van der Waals surface area contributed by atoms with Crippen LogP contribution in [0.1, 0.15) is 30.3 Å². The van der Waals surface area contributed by atoms with Crippen LogP contribution in [0.15, 0.2) is 47.4 Å². The lowest BCUT2D eigenvalue weighted by Gasteiger charge is -2.21. The molecule has 3 aromatic heterocycles. The van der Waals surface area contributed by atoms with Crippen molar-refractivity contribution in [2.45, 2.75) is 25.4 Å². The Hall–Kier alpha value is -2.80. The molecule has 0 amide bonds. The molecule has 1 atom stereocenters. The average molecular weight is 337 g/mol. The molecule has 1 aliphatic rings. The third-order valence-corrected chi connectivity index (χ3v) is 4.43. The van der Waals surface area contributed by atoms with Crippen LogP contribution in [-0.4, -0.2) is 38.7 Å². The van der Waals surface area contributed by atoms with Gasteiger partial charge >= 0.3 is 0 Å². The Bertz CT molecular complexity index is 819. The third kappa shape index (κ3) is 3.36. The number of nitrogens with zero attached hydrogens (tertiary/aromatic N) is 5. The van der Waals surface area contributed by atoms with Gasteiger partial charge in [0.1, 0.15) is 0 Å². The molecule has 0 N–H and O–H groups in total. The molecule has 3 aromatic rings. The Kier molecular flexibility index (Phi) is 4.39. The number of ether oxygens (including phenoxy) is 1. The molecule has 128 valence electrons. The molecule has 0 unspecified atom stereocenters. The molecule has 0 spiro atoms. The molecule has 1 saturated heterocycles. The molecule has 7 heteroatoms. The average Bonchev–Trinajstić information content (AvgIpc) is 3.32. The fourth-order valence-corrected chi connectivity index (χ4v) is 3.14. The van der Waals surface area contributed by atoms with E-state index in [1.807, 2.05) is 30.6 Å². The van der Waals surface area contributed by atoms with Crippen molar-refractivity contribution in [3.05, 3.63) is 54.3 Å². The van der Waals surface area contributed by atoms with E-state index in [2.05, 4.69) is 25.0 Å². The predicted molar refractivity (Wildman–Crippen MR) is 90.7 cm³/mol. The molecule has 7 nitrogen and oxygen atoms in total. The molecule has 0 bridgehead atoms. The number of pyridine rings is 2. The maximum atomic E-state index is 5.55. The second kappa shape index (κ2) is 6.98. The minimum absolute atomic E-state index is 0.153. The molecule has 0 aliphatic carbocycles. The molecule has 1 aliphatic heterocycles. The Morgan fingerprint density at radius 1 is 1.24 bits per heavy atom. The van der Waals surface area contributed by atoms with Gasteiger partial charge in [-0.2, -0.15) is 4.98 Å². The zero-order valence-corrected chi connectivity index (χ0v) is 14.0. The van der Waals surface area contributed by atoms with E-state index < -0.39 is 0 Å². The van der Waals surface area contributed by atoms with E-state index in [4.69, 9.17) is 9.26 Å². The maximum absolute atomic E-state index is 5.55. The number of hydrogen-bond donors (Lipinski definition) is 0. The van der Waals surface area contributed by atoms with Gasteiger partial charge in [-0.3, -0.25) is 9.88 Å². The first kappa shape index (κ1) is 15.7. The Morgan fingerprint density at radius 3 is 2.88 bits per heavy atom. The van der Waals surface area contributed by atoms with Crippen LogP contribution in [-0.2, 0) is 6.54 Å². The highest BCUT2D eigenvalue weighted by Gasteiger charge is 2.30. The van der Waals surface area contributed by atoms with Crippen molar-refractivity contribution in [1.29, 1.82) is 0 Å². The van der Waals surface area contributed by atoms with Crippen LogP contribution < -0.4 is 4.74 Å². The highest BCUT2D eigenvalue weighted by molar-refractivity contribution is 5.53. The zero-order valence-electron chi connectivity index (χ0n) is 14.0.